The van der Waals surface area contributed by atoms with Crippen molar-refractivity contribution in [1.29, 1.82) is 0 Å². The lowest BCUT2D eigenvalue weighted by Crippen LogP contribution is -2.41. The molecule has 0 bridgehead atoms. The molecule has 1 N–H and O–H groups in total. The molecule has 45 heavy (non-hydrogen) atoms. The van der Waals surface area contributed by atoms with Gasteiger partial charge in [-0.25, -0.2) is 13.2 Å². The van der Waals surface area contributed by atoms with E-state index < -0.39 is 28.4 Å². The minimum Gasteiger partial charge on any atom is -0.507 e. The van der Waals surface area contributed by atoms with Crippen LogP contribution in [0, 0.1) is 0 Å². The Hall–Kier alpha value is -4.71. The number of rotatable bonds is 10. The largest absolute Gasteiger partial charge is 0.507 e. The minimum atomic E-state index is -4.02. The Morgan fingerprint density at radius 1 is 0.889 bits per heavy atom. The van der Waals surface area contributed by atoms with Crippen molar-refractivity contribution in [3.8, 4) is 16.9 Å². The third-order valence-corrected chi connectivity index (χ3v) is 9.50. The van der Waals surface area contributed by atoms with Gasteiger partial charge in [-0.2, -0.15) is 4.31 Å². The molecule has 1 amide bonds. The summed E-state index contributed by atoms with van der Waals surface area (Å²) in [5, 5.41) is 10.3. The number of hydrogen-bond acceptors (Lipinski definition) is 8. The Bertz CT molecular complexity index is 1740. The number of phenolic OH excluding ortho intramolecular Hbond substituents is 1. The van der Waals surface area contributed by atoms with E-state index in [1.165, 1.54) is 49.4 Å². The van der Waals surface area contributed by atoms with Gasteiger partial charge in [-0.1, -0.05) is 54.6 Å². The van der Waals surface area contributed by atoms with Gasteiger partial charge in [0, 0.05) is 31.5 Å². The normalized spacial score (nSPS) is 13.4. The van der Waals surface area contributed by atoms with Crippen LogP contribution >= 0.6 is 0 Å². The van der Waals surface area contributed by atoms with Crippen molar-refractivity contribution in [2.24, 2.45) is 0 Å². The lowest BCUT2D eigenvalue weighted by molar-refractivity contribution is -0.118. The number of amides is 1. The van der Waals surface area contributed by atoms with E-state index in [-0.39, 0.29) is 22.8 Å². The molecule has 4 aromatic rings. The van der Waals surface area contributed by atoms with Gasteiger partial charge in [-0.05, 0) is 59.2 Å². The summed E-state index contributed by atoms with van der Waals surface area (Å²) in [5.41, 5.74) is 3.83. The summed E-state index contributed by atoms with van der Waals surface area (Å²) < 4.78 is 38.2. The molecule has 0 atom stereocenters. The highest BCUT2D eigenvalue weighted by Gasteiger charge is 2.27. The van der Waals surface area contributed by atoms with E-state index in [1.54, 1.807) is 12.1 Å². The zero-order valence-electron chi connectivity index (χ0n) is 25.1. The van der Waals surface area contributed by atoms with E-state index in [4.69, 9.17) is 9.47 Å². The van der Waals surface area contributed by atoms with Crippen LogP contribution in [0.1, 0.15) is 15.9 Å². The van der Waals surface area contributed by atoms with Crippen molar-refractivity contribution in [2.75, 3.05) is 56.8 Å². The smallest absolute Gasteiger partial charge is 0.341 e. The molecule has 4 aromatic carbocycles. The fraction of sp³-hybridized carbons (Fsp3) is 0.235. The lowest BCUT2D eigenvalue weighted by atomic mass is 10.1. The Morgan fingerprint density at radius 3 is 2.18 bits per heavy atom. The van der Waals surface area contributed by atoms with Crippen molar-refractivity contribution in [3.63, 3.8) is 0 Å². The van der Waals surface area contributed by atoms with Crippen molar-refractivity contribution in [3.05, 3.63) is 108 Å². The third-order valence-electron chi connectivity index (χ3n) is 7.68. The topological polar surface area (TPSA) is 117 Å². The molecule has 10 nitrogen and oxygen atoms in total. The zero-order chi connectivity index (χ0) is 32.0. The predicted octanol–water partition coefficient (Wildman–Crippen LogP) is 4.54. The van der Waals surface area contributed by atoms with Gasteiger partial charge < -0.3 is 24.4 Å². The van der Waals surface area contributed by atoms with E-state index in [0.717, 1.165) is 39.8 Å². The maximum absolute atomic E-state index is 13.8. The Labute approximate surface area is 263 Å². The molecule has 0 spiro atoms. The molecule has 1 saturated heterocycles. The minimum absolute atomic E-state index is 0.0559. The van der Waals surface area contributed by atoms with Crippen LogP contribution in [-0.4, -0.2) is 76.7 Å². The average molecular weight is 630 g/mol. The van der Waals surface area contributed by atoms with E-state index in [9.17, 15) is 23.1 Å². The number of hydrogen-bond donors (Lipinski definition) is 1. The maximum Gasteiger partial charge on any atom is 0.341 e. The average Bonchev–Trinajstić information content (AvgIpc) is 3.08. The van der Waals surface area contributed by atoms with Gasteiger partial charge in [0.25, 0.3) is 0 Å². The van der Waals surface area contributed by atoms with Gasteiger partial charge >= 0.3 is 5.97 Å². The number of benzene rings is 4. The fourth-order valence-corrected chi connectivity index (χ4v) is 6.22. The van der Waals surface area contributed by atoms with Crippen molar-refractivity contribution in [1.82, 2.24) is 4.31 Å². The summed E-state index contributed by atoms with van der Waals surface area (Å²) in [5.74, 6) is -1.59. The molecule has 1 aliphatic heterocycles. The van der Waals surface area contributed by atoms with Crippen LogP contribution in [0.3, 0.4) is 0 Å². The Kier molecular flexibility index (Phi) is 9.82. The first-order valence-electron chi connectivity index (χ1n) is 14.4. The number of likely N-dealkylation sites (N-methyl/N-ethyl adjacent to an activating group) is 1. The van der Waals surface area contributed by atoms with Gasteiger partial charge in [0.05, 0.1) is 38.3 Å². The van der Waals surface area contributed by atoms with Crippen LogP contribution in [0.4, 0.5) is 11.4 Å². The van der Waals surface area contributed by atoms with E-state index in [1.807, 2.05) is 54.6 Å². The monoisotopic (exact) mass is 629 g/mol. The molecular formula is C34H35N3O7S. The fourth-order valence-electron chi connectivity index (χ4n) is 5.10. The highest BCUT2D eigenvalue weighted by Crippen LogP contribution is 2.28. The molecule has 0 saturated carbocycles. The Balaban J connectivity index is 1.39. The molecule has 0 aliphatic carbocycles. The summed E-state index contributed by atoms with van der Waals surface area (Å²) in [6.07, 6.45) is 0. The number of methoxy groups -OCH3 is 1. The molecule has 11 heteroatoms. The second-order valence-electron chi connectivity index (χ2n) is 10.6. The molecule has 1 fully saturated rings. The van der Waals surface area contributed by atoms with E-state index >= 15 is 0 Å². The number of aromatic hydroxyl groups is 1. The van der Waals surface area contributed by atoms with Gasteiger partial charge in [0.15, 0.2) is 0 Å². The highest BCUT2D eigenvalue weighted by atomic mass is 32.2. The van der Waals surface area contributed by atoms with Gasteiger partial charge in [0.1, 0.15) is 11.3 Å². The van der Waals surface area contributed by atoms with Gasteiger partial charge in [0.2, 0.25) is 15.9 Å². The van der Waals surface area contributed by atoms with Crippen LogP contribution in [0.5, 0.6) is 5.75 Å². The molecule has 0 radical (unpaired) electrons. The SMILES string of the molecule is COC(=O)c1cc(N(Cc2ccc(N3CCOCC3)cc2)C(=O)CN(C)S(=O)(=O)c2ccc(-c3ccccc3)cc2)ccc1O. The number of phenols is 1. The summed E-state index contributed by atoms with van der Waals surface area (Å²) in [6.45, 7) is 2.49. The number of morpholine rings is 1. The number of sulfonamides is 1. The first kappa shape index (κ1) is 31.7. The molecule has 0 aromatic heterocycles. The number of nitrogens with zero attached hydrogens (tertiary/aromatic N) is 3. The summed E-state index contributed by atoms with van der Waals surface area (Å²) in [6, 6.07) is 28.0. The second kappa shape index (κ2) is 13.9. The highest BCUT2D eigenvalue weighted by molar-refractivity contribution is 7.89. The number of carbonyl (C=O) groups excluding carboxylic acids is 2. The number of ether oxygens (including phenoxy) is 2. The summed E-state index contributed by atoms with van der Waals surface area (Å²) >= 11 is 0. The van der Waals surface area contributed by atoms with Crippen molar-refractivity contribution in [2.45, 2.75) is 11.4 Å². The number of carbonyl (C=O) groups is 2. The molecule has 0 unspecified atom stereocenters. The van der Waals surface area contributed by atoms with E-state index in [0.29, 0.717) is 18.9 Å². The first-order valence-corrected chi connectivity index (χ1v) is 15.9. The summed E-state index contributed by atoms with van der Waals surface area (Å²) in [4.78, 5) is 29.8. The molecule has 1 heterocycles. The van der Waals surface area contributed by atoms with Crippen LogP contribution < -0.4 is 9.80 Å². The van der Waals surface area contributed by atoms with Crippen LogP contribution in [0.2, 0.25) is 0 Å². The molecular weight excluding hydrogens is 594 g/mol. The van der Waals surface area contributed by atoms with Crippen LogP contribution in [0.25, 0.3) is 11.1 Å². The van der Waals surface area contributed by atoms with E-state index in [2.05, 4.69) is 4.90 Å². The third kappa shape index (κ3) is 7.34. The maximum atomic E-state index is 13.8. The lowest BCUT2D eigenvalue weighted by Gasteiger charge is -2.29. The number of anilines is 2. The first-order chi connectivity index (χ1) is 21.7. The van der Waals surface area contributed by atoms with Crippen molar-refractivity contribution < 1.29 is 32.6 Å². The summed E-state index contributed by atoms with van der Waals surface area (Å²) in [7, 11) is -1.47. The second-order valence-corrected chi connectivity index (χ2v) is 12.6. The van der Waals surface area contributed by atoms with Gasteiger partial charge in [-0.3, -0.25) is 4.79 Å². The predicted molar refractivity (Wildman–Crippen MR) is 172 cm³/mol. The van der Waals surface area contributed by atoms with Crippen molar-refractivity contribution >= 4 is 33.3 Å². The molecule has 234 valence electrons. The van der Waals surface area contributed by atoms with Gasteiger partial charge in [-0.15, -0.1) is 0 Å². The zero-order valence-corrected chi connectivity index (χ0v) is 25.9. The quantitative estimate of drug-likeness (QED) is 0.254. The Morgan fingerprint density at radius 2 is 1.53 bits per heavy atom. The number of esters is 1. The molecule has 5 rings (SSSR count). The molecule has 1 aliphatic rings. The van der Waals surface area contributed by atoms with Crippen LogP contribution in [0.15, 0.2) is 102 Å². The standard InChI is InChI=1S/C34H35N3O7S/c1-35(45(41,42)30-15-10-27(11-16-30)26-6-4-3-5-7-26)24-33(39)37(29-14-17-32(38)31(22-29)34(40)43-2)23-25-8-12-28(13-9-25)36-18-20-44-21-19-36/h3-17,22,38H,18-21,23-24H2,1-2H3. The van der Waals surface area contributed by atoms with Crippen LogP contribution in [-0.2, 0) is 30.8 Å².